The quantitative estimate of drug-likeness (QED) is 0.440. The number of nitrogens with zero attached hydrogens (tertiary/aromatic N) is 6. The van der Waals surface area contributed by atoms with Crippen molar-refractivity contribution in [1.82, 2.24) is 29.3 Å². The Morgan fingerprint density at radius 3 is 2.92 bits per heavy atom. The van der Waals surface area contributed by atoms with Gasteiger partial charge in [0.2, 0.25) is 0 Å². The molecule has 1 aliphatic heterocycles. The first-order valence-corrected chi connectivity index (χ1v) is 7.23. The van der Waals surface area contributed by atoms with E-state index in [1.807, 2.05) is 0 Å². The fraction of sp³-hybridized carbons (Fsp3) is 0.385. The molecule has 126 valence electrons. The van der Waals surface area contributed by atoms with E-state index in [1.165, 1.54) is 15.6 Å². The summed E-state index contributed by atoms with van der Waals surface area (Å²) in [6, 6.07) is 1.70. The predicted octanol–water partition coefficient (Wildman–Crippen LogP) is -1.66. The molecule has 3 atom stereocenters. The molecule has 0 saturated carbocycles. The summed E-state index contributed by atoms with van der Waals surface area (Å²) < 4.78 is 7.96. The highest BCUT2D eigenvalue weighted by Crippen LogP contribution is 2.35. The molecule has 0 radical (unpaired) electrons. The second kappa shape index (κ2) is 5.21. The normalized spacial score (nSPS) is 27.1. The van der Waals surface area contributed by atoms with Crippen molar-refractivity contribution < 1.29 is 20.1 Å². The number of nitrogens with two attached hydrogens (primary N) is 1. The molecule has 3 aromatic rings. The first-order chi connectivity index (χ1) is 11.5. The summed E-state index contributed by atoms with van der Waals surface area (Å²) in [5.41, 5.74) is 6.34. The van der Waals surface area contributed by atoms with Crippen molar-refractivity contribution >= 4 is 17.0 Å². The van der Waals surface area contributed by atoms with E-state index in [-0.39, 0.29) is 36.0 Å². The third-order valence-electron chi connectivity index (χ3n) is 3.93. The first-order valence-electron chi connectivity index (χ1n) is 7.23. The Labute approximate surface area is 135 Å². The van der Waals surface area contributed by atoms with Gasteiger partial charge in [0.25, 0.3) is 11.9 Å². The lowest BCUT2D eigenvalue weighted by atomic mass is 10.2. The molecule has 24 heavy (non-hydrogen) atoms. The Morgan fingerprint density at radius 2 is 2.25 bits per heavy atom. The molecule has 1 fully saturated rings. The number of aliphatic hydroxyl groups excluding tert-OH is 2. The third kappa shape index (κ3) is 2.06. The van der Waals surface area contributed by atoms with Crippen LogP contribution in [0.15, 0.2) is 24.8 Å². The van der Waals surface area contributed by atoms with Crippen LogP contribution in [0.4, 0.5) is 5.82 Å². The van der Waals surface area contributed by atoms with E-state index in [1.54, 1.807) is 18.5 Å². The molecule has 11 heteroatoms. The summed E-state index contributed by atoms with van der Waals surface area (Å²) >= 11 is 0. The molecule has 5 N–H and O–H groups in total. The number of aromatic nitrogens is 6. The summed E-state index contributed by atoms with van der Waals surface area (Å²) in [4.78, 5) is 12.5. The zero-order valence-corrected chi connectivity index (χ0v) is 12.4. The Kier molecular flexibility index (Phi) is 3.25. The molecule has 1 saturated heterocycles. The number of nitrogen functional groups attached to an aromatic ring is 1. The molecule has 0 aliphatic carbocycles. The van der Waals surface area contributed by atoms with Crippen LogP contribution in [0.25, 0.3) is 17.1 Å². The van der Waals surface area contributed by atoms with Gasteiger partial charge in [-0.1, -0.05) is 0 Å². The summed E-state index contributed by atoms with van der Waals surface area (Å²) in [6.07, 6.45) is 2.55. The van der Waals surface area contributed by atoms with Crippen LogP contribution in [-0.2, 0) is 10.6 Å². The number of hydrogen-bond acceptors (Lipinski definition) is 9. The first kappa shape index (κ1) is 15.0. The van der Waals surface area contributed by atoms with Gasteiger partial charge in [-0.15, -0.1) is 0 Å². The number of hydrogen-bond donors (Lipinski definition) is 4. The van der Waals surface area contributed by atoms with Crippen molar-refractivity contribution in [2.24, 2.45) is 0 Å². The largest absolute Gasteiger partial charge is 0.394 e. The van der Waals surface area contributed by atoms with Crippen LogP contribution in [0.1, 0.15) is 6.42 Å². The molecule has 0 spiro atoms. The zero-order valence-electron chi connectivity index (χ0n) is 12.4. The van der Waals surface area contributed by atoms with Crippen LogP contribution < -0.4 is 5.73 Å². The summed E-state index contributed by atoms with van der Waals surface area (Å²) in [5.74, 6) is -1.83. The standard InChI is InChI=1S/C13H15N7O4/c14-10-9-11(18-12(17-10)20-3-1-2-16-20)19(6-15-9)13(23)8(22)4-7(5-21)24-13/h1-3,6-8,21-23H,4-5H2,(H2,14,17,18)/t7-,8-,13-/m1/s1. The number of aliphatic hydroxyl groups is 3. The molecule has 4 rings (SSSR count). The maximum Gasteiger partial charge on any atom is 0.283 e. The molecule has 11 nitrogen and oxygen atoms in total. The van der Waals surface area contributed by atoms with Crippen molar-refractivity contribution in [2.75, 3.05) is 12.3 Å². The summed E-state index contributed by atoms with van der Waals surface area (Å²) in [6.45, 7) is -0.332. The smallest absolute Gasteiger partial charge is 0.283 e. The Morgan fingerprint density at radius 1 is 1.42 bits per heavy atom. The van der Waals surface area contributed by atoms with E-state index in [2.05, 4.69) is 20.1 Å². The van der Waals surface area contributed by atoms with Crippen LogP contribution in [0.2, 0.25) is 0 Å². The average Bonchev–Trinajstić information content (AvgIpc) is 3.27. The van der Waals surface area contributed by atoms with E-state index in [4.69, 9.17) is 10.5 Å². The van der Waals surface area contributed by atoms with Gasteiger partial charge >= 0.3 is 0 Å². The lowest BCUT2D eigenvalue weighted by Gasteiger charge is -2.27. The van der Waals surface area contributed by atoms with Gasteiger partial charge in [-0.2, -0.15) is 15.1 Å². The van der Waals surface area contributed by atoms with E-state index in [0.29, 0.717) is 0 Å². The van der Waals surface area contributed by atoms with Gasteiger partial charge in [0.15, 0.2) is 17.0 Å². The number of ether oxygens (including phenoxy) is 1. The maximum atomic E-state index is 10.7. The Balaban J connectivity index is 1.88. The van der Waals surface area contributed by atoms with E-state index >= 15 is 0 Å². The number of imidazole rings is 1. The molecule has 3 aromatic heterocycles. The van der Waals surface area contributed by atoms with Gasteiger partial charge in [0.1, 0.15) is 12.4 Å². The molecule has 0 amide bonds. The molecular formula is C13H15N7O4. The lowest BCUT2D eigenvalue weighted by Crippen LogP contribution is -2.42. The molecule has 1 aliphatic rings. The van der Waals surface area contributed by atoms with Gasteiger partial charge < -0.3 is 25.8 Å². The third-order valence-corrected chi connectivity index (χ3v) is 3.93. The topological polar surface area (TPSA) is 157 Å². The molecule has 0 unspecified atom stereocenters. The summed E-state index contributed by atoms with van der Waals surface area (Å²) in [5, 5.41) is 34.2. The van der Waals surface area contributed by atoms with Gasteiger partial charge in [0.05, 0.1) is 12.7 Å². The van der Waals surface area contributed by atoms with E-state index in [9.17, 15) is 15.3 Å². The van der Waals surface area contributed by atoms with E-state index < -0.39 is 18.1 Å². The minimum atomic E-state index is -2.11. The minimum absolute atomic E-state index is 0.0687. The second-order valence-electron chi connectivity index (χ2n) is 5.48. The average molecular weight is 333 g/mol. The van der Waals surface area contributed by atoms with Crippen LogP contribution in [0.3, 0.4) is 0 Å². The van der Waals surface area contributed by atoms with Crippen LogP contribution in [0, 0.1) is 0 Å². The number of anilines is 1. The Hall–Kier alpha value is -2.60. The SMILES string of the molecule is Nc1nc(-n2cccn2)nc2c1ncn2[C@]1(O)O[C@@H](CO)C[C@H]1O. The van der Waals surface area contributed by atoms with Crippen molar-refractivity contribution in [3.8, 4) is 5.95 Å². The van der Waals surface area contributed by atoms with Crippen molar-refractivity contribution in [3.63, 3.8) is 0 Å². The van der Waals surface area contributed by atoms with Gasteiger partial charge in [-0.25, -0.2) is 9.67 Å². The molecule has 4 heterocycles. The highest BCUT2D eigenvalue weighted by molar-refractivity contribution is 5.82. The maximum absolute atomic E-state index is 10.7. The molecule has 0 aromatic carbocycles. The minimum Gasteiger partial charge on any atom is -0.394 e. The fourth-order valence-electron chi connectivity index (χ4n) is 2.74. The van der Waals surface area contributed by atoms with Crippen molar-refractivity contribution in [1.29, 1.82) is 0 Å². The van der Waals surface area contributed by atoms with Crippen LogP contribution in [0.5, 0.6) is 0 Å². The number of fused-ring (bicyclic) bond motifs is 1. The van der Waals surface area contributed by atoms with Gasteiger partial charge in [-0.05, 0) is 6.07 Å². The van der Waals surface area contributed by atoms with Gasteiger partial charge in [-0.3, -0.25) is 4.57 Å². The zero-order chi connectivity index (χ0) is 16.9. The van der Waals surface area contributed by atoms with Crippen molar-refractivity contribution in [3.05, 3.63) is 24.8 Å². The van der Waals surface area contributed by atoms with E-state index in [0.717, 1.165) is 0 Å². The molecule has 0 bridgehead atoms. The summed E-state index contributed by atoms with van der Waals surface area (Å²) in [7, 11) is 0. The number of rotatable bonds is 3. The fourth-order valence-corrected chi connectivity index (χ4v) is 2.74. The van der Waals surface area contributed by atoms with Crippen molar-refractivity contribution in [2.45, 2.75) is 24.5 Å². The highest BCUT2D eigenvalue weighted by Gasteiger charge is 2.49. The Bertz CT molecular complexity index is 880. The molecular weight excluding hydrogens is 318 g/mol. The lowest BCUT2D eigenvalue weighted by molar-refractivity contribution is -0.286. The van der Waals surface area contributed by atoms with Crippen LogP contribution in [-0.4, -0.2) is 63.4 Å². The highest BCUT2D eigenvalue weighted by atomic mass is 16.7. The predicted molar refractivity (Wildman–Crippen MR) is 79.6 cm³/mol. The monoisotopic (exact) mass is 333 g/mol. The van der Waals surface area contributed by atoms with Gasteiger partial charge in [0, 0.05) is 18.8 Å². The second-order valence-corrected chi connectivity index (χ2v) is 5.48. The van der Waals surface area contributed by atoms with Crippen LogP contribution >= 0.6 is 0 Å².